The van der Waals surface area contributed by atoms with Gasteiger partial charge in [0.05, 0.1) is 5.02 Å². The lowest BCUT2D eigenvalue weighted by Crippen LogP contribution is -2.25. The van der Waals surface area contributed by atoms with Crippen LogP contribution in [0.15, 0.2) is 36.4 Å². The van der Waals surface area contributed by atoms with Crippen LogP contribution in [0.3, 0.4) is 0 Å². The normalized spacial score (nSPS) is 11.9. The molecule has 2 aromatic carbocycles. The number of benzene rings is 2. The van der Waals surface area contributed by atoms with Crippen molar-refractivity contribution in [2.45, 2.75) is 26.9 Å². The number of carbonyl (C=O) groups excluding carboxylic acids is 2. The highest BCUT2D eigenvalue weighted by Gasteiger charge is 2.24. The molecule has 0 N–H and O–H groups in total. The van der Waals surface area contributed by atoms with Crippen LogP contribution in [0.5, 0.6) is 0 Å². The number of esters is 1. The van der Waals surface area contributed by atoms with Gasteiger partial charge < -0.3 is 4.74 Å². The highest BCUT2D eigenvalue weighted by molar-refractivity contribution is 6.33. The summed E-state index contributed by atoms with van der Waals surface area (Å²) in [5.74, 6) is -2.08. The van der Waals surface area contributed by atoms with Crippen LogP contribution in [0.1, 0.15) is 38.8 Å². The number of ketones is 1. The van der Waals surface area contributed by atoms with Crippen molar-refractivity contribution in [1.29, 1.82) is 0 Å². The second-order valence-electron chi connectivity index (χ2n) is 5.33. The van der Waals surface area contributed by atoms with Crippen molar-refractivity contribution < 1.29 is 18.7 Å². The molecule has 0 aliphatic heterocycles. The minimum Gasteiger partial charge on any atom is -0.451 e. The molecule has 23 heavy (non-hydrogen) atoms. The quantitative estimate of drug-likeness (QED) is 0.609. The zero-order valence-electron chi connectivity index (χ0n) is 13.0. The molecule has 0 radical (unpaired) electrons. The molecule has 3 nitrogen and oxygen atoms in total. The van der Waals surface area contributed by atoms with Crippen molar-refractivity contribution in [3.8, 4) is 0 Å². The molecule has 0 fully saturated rings. The van der Waals surface area contributed by atoms with E-state index in [0.717, 1.165) is 17.2 Å². The number of aryl methyl sites for hydroxylation is 2. The van der Waals surface area contributed by atoms with E-state index in [1.807, 2.05) is 19.1 Å². The minimum atomic E-state index is -1.04. The van der Waals surface area contributed by atoms with Crippen LogP contribution in [-0.2, 0) is 4.74 Å². The van der Waals surface area contributed by atoms with Gasteiger partial charge in [-0.25, -0.2) is 9.18 Å². The SMILES string of the molecule is Cc1ccc(C)c(C(=O)[C@@H](C)OC(=O)c2c(F)cccc2Cl)c1. The Labute approximate surface area is 139 Å². The molecule has 0 heterocycles. The Balaban J connectivity index is 2.21. The molecule has 0 aliphatic carbocycles. The first kappa shape index (κ1) is 17.2. The number of Topliss-reactive ketones (excluding diaryl/α,β-unsaturated/α-hetero) is 1. The van der Waals surface area contributed by atoms with Crippen molar-refractivity contribution >= 4 is 23.4 Å². The molecule has 2 aromatic rings. The molecule has 0 spiro atoms. The molecular weight excluding hydrogens is 319 g/mol. The number of ether oxygens (including phenoxy) is 1. The van der Waals surface area contributed by atoms with E-state index in [2.05, 4.69) is 0 Å². The summed E-state index contributed by atoms with van der Waals surface area (Å²) < 4.78 is 18.8. The Morgan fingerprint density at radius 2 is 1.87 bits per heavy atom. The van der Waals surface area contributed by atoms with E-state index in [1.54, 1.807) is 13.0 Å². The molecule has 0 aliphatic rings. The van der Waals surface area contributed by atoms with Gasteiger partial charge in [0.15, 0.2) is 6.10 Å². The standard InChI is InChI=1S/C18H16ClFO3/c1-10-7-8-11(2)13(9-10)17(21)12(3)23-18(22)16-14(19)5-4-6-15(16)20/h4-9,12H,1-3H3/t12-/m1/s1. The largest absolute Gasteiger partial charge is 0.451 e. The van der Waals surface area contributed by atoms with Crippen LogP contribution in [0.2, 0.25) is 5.02 Å². The third-order valence-corrected chi connectivity index (χ3v) is 3.79. The predicted octanol–water partition coefficient (Wildman–Crippen LogP) is 4.52. The molecule has 0 aromatic heterocycles. The Bertz CT molecular complexity index is 751. The predicted molar refractivity (Wildman–Crippen MR) is 86.5 cm³/mol. The van der Waals surface area contributed by atoms with Crippen molar-refractivity contribution in [3.63, 3.8) is 0 Å². The third kappa shape index (κ3) is 3.77. The van der Waals surface area contributed by atoms with E-state index in [4.69, 9.17) is 16.3 Å². The van der Waals surface area contributed by atoms with Gasteiger partial charge in [-0.1, -0.05) is 35.4 Å². The lowest BCUT2D eigenvalue weighted by molar-refractivity contribution is 0.0314. The van der Waals surface area contributed by atoms with Crippen molar-refractivity contribution in [1.82, 2.24) is 0 Å². The molecule has 0 saturated heterocycles. The van der Waals surface area contributed by atoms with E-state index < -0.39 is 17.9 Å². The Hall–Kier alpha value is -2.20. The highest BCUT2D eigenvalue weighted by Crippen LogP contribution is 2.21. The van der Waals surface area contributed by atoms with Crippen LogP contribution in [0, 0.1) is 19.7 Å². The van der Waals surface area contributed by atoms with Crippen LogP contribution in [0.4, 0.5) is 4.39 Å². The van der Waals surface area contributed by atoms with Crippen molar-refractivity contribution in [2.24, 2.45) is 0 Å². The molecule has 0 saturated carbocycles. The van der Waals surface area contributed by atoms with Gasteiger partial charge in [0, 0.05) is 5.56 Å². The van der Waals surface area contributed by atoms with Crippen LogP contribution in [0.25, 0.3) is 0 Å². The number of halogens is 2. The summed E-state index contributed by atoms with van der Waals surface area (Å²) >= 11 is 5.82. The van der Waals surface area contributed by atoms with Crippen molar-refractivity contribution in [3.05, 3.63) is 69.5 Å². The second kappa shape index (κ2) is 6.92. The lowest BCUT2D eigenvalue weighted by atomic mass is 9.99. The fraction of sp³-hybridized carbons (Fsp3) is 0.222. The van der Waals surface area contributed by atoms with Crippen LogP contribution < -0.4 is 0 Å². The first-order chi connectivity index (χ1) is 10.8. The van der Waals surface area contributed by atoms with Gasteiger partial charge in [0.25, 0.3) is 0 Å². The van der Waals surface area contributed by atoms with E-state index >= 15 is 0 Å². The summed E-state index contributed by atoms with van der Waals surface area (Å²) in [5, 5.41) is -0.0543. The van der Waals surface area contributed by atoms with Gasteiger partial charge in [-0.2, -0.15) is 0 Å². The number of hydrogen-bond acceptors (Lipinski definition) is 3. The number of hydrogen-bond donors (Lipinski definition) is 0. The first-order valence-corrected chi connectivity index (χ1v) is 7.45. The average molecular weight is 335 g/mol. The van der Waals surface area contributed by atoms with Crippen LogP contribution in [-0.4, -0.2) is 17.9 Å². The number of carbonyl (C=O) groups is 2. The molecule has 1 atom stereocenters. The third-order valence-electron chi connectivity index (χ3n) is 3.48. The molecule has 0 bridgehead atoms. The fourth-order valence-corrected chi connectivity index (χ4v) is 2.43. The minimum absolute atomic E-state index is 0.0543. The summed E-state index contributed by atoms with van der Waals surface area (Å²) in [7, 11) is 0. The Kier molecular flexibility index (Phi) is 5.16. The van der Waals surface area contributed by atoms with Gasteiger partial charge >= 0.3 is 5.97 Å². The van der Waals surface area contributed by atoms with Gasteiger partial charge in [0.2, 0.25) is 5.78 Å². The highest BCUT2D eigenvalue weighted by atomic mass is 35.5. The molecule has 0 amide bonds. The van der Waals surface area contributed by atoms with E-state index in [1.165, 1.54) is 19.1 Å². The Morgan fingerprint density at radius 3 is 2.52 bits per heavy atom. The lowest BCUT2D eigenvalue weighted by Gasteiger charge is -2.15. The topological polar surface area (TPSA) is 43.4 Å². The van der Waals surface area contributed by atoms with E-state index in [-0.39, 0.29) is 16.4 Å². The second-order valence-corrected chi connectivity index (χ2v) is 5.73. The summed E-state index contributed by atoms with van der Waals surface area (Å²) in [6.45, 7) is 5.12. The molecule has 120 valence electrons. The maximum absolute atomic E-state index is 13.7. The van der Waals surface area contributed by atoms with Gasteiger partial charge in [-0.3, -0.25) is 4.79 Å². The average Bonchev–Trinajstić information content (AvgIpc) is 2.48. The zero-order valence-corrected chi connectivity index (χ0v) is 13.8. The maximum Gasteiger partial charge on any atom is 0.343 e. The summed E-state index contributed by atoms with van der Waals surface area (Å²) in [5.41, 5.74) is 1.82. The van der Waals surface area contributed by atoms with E-state index in [0.29, 0.717) is 5.56 Å². The fourth-order valence-electron chi connectivity index (χ4n) is 2.19. The zero-order chi connectivity index (χ0) is 17.1. The van der Waals surface area contributed by atoms with Gasteiger partial charge in [-0.05, 0) is 44.5 Å². The smallest absolute Gasteiger partial charge is 0.343 e. The summed E-state index contributed by atoms with van der Waals surface area (Å²) in [4.78, 5) is 24.5. The Morgan fingerprint density at radius 1 is 1.17 bits per heavy atom. The van der Waals surface area contributed by atoms with Crippen LogP contribution >= 0.6 is 11.6 Å². The van der Waals surface area contributed by atoms with Gasteiger partial charge in [-0.15, -0.1) is 0 Å². The maximum atomic E-state index is 13.7. The molecule has 2 rings (SSSR count). The molecule has 0 unspecified atom stereocenters. The van der Waals surface area contributed by atoms with Gasteiger partial charge in [0.1, 0.15) is 11.4 Å². The van der Waals surface area contributed by atoms with Crippen molar-refractivity contribution in [2.75, 3.05) is 0 Å². The summed E-state index contributed by atoms with van der Waals surface area (Å²) in [6.07, 6.45) is -1.04. The first-order valence-electron chi connectivity index (χ1n) is 7.07. The van der Waals surface area contributed by atoms with E-state index in [9.17, 15) is 14.0 Å². The number of rotatable bonds is 4. The monoisotopic (exact) mass is 334 g/mol. The molecule has 5 heteroatoms. The molecular formula is C18H16ClFO3. The summed E-state index contributed by atoms with van der Waals surface area (Å²) in [6, 6.07) is 9.34.